The molecule has 0 heterocycles. The fourth-order valence-electron chi connectivity index (χ4n) is 3.40. The first kappa shape index (κ1) is 11.7. The first-order valence-electron chi connectivity index (χ1n) is 6.67. The van der Waals surface area contributed by atoms with Crippen LogP contribution >= 0.6 is 0 Å². The van der Waals surface area contributed by atoms with E-state index >= 15 is 0 Å². The van der Waals surface area contributed by atoms with Gasteiger partial charge >= 0.3 is 0 Å². The zero-order valence-electron chi connectivity index (χ0n) is 10.2. The van der Waals surface area contributed by atoms with Gasteiger partial charge in [-0.15, -0.1) is 0 Å². The van der Waals surface area contributed by atoms with Gasteiger partial charge < -0.3 is 5.32 Å². The summed E-state index contributed by atoms with van der Waals surface area (Å²) in [4.78, 5) is 11.7. The highest BCUT2D eigenvalue weighted by atomic mass is 16.1. The summed E-state index contributed by atoms with van der Waals surface area (Å²) in [6, 6.07) is 0. The predicted molar refractivity (Wildman–Crippen MR) is 66.0 cm³/mol. The Bertz CT molecular complexity index is 272. The van der Waals surface area contributed by atoms with Crippen molar-refractivity contribution < 1.29 is 4.79 Å². The summed E-state index contributed by atoms with van der Waals surface area (Å²) in [6.07, 6.45) is 11.4. The number of carbonyl (C=O) groups excluding carboxylic acids is 1. The van der Waals surface area contributed by atoms with Gasteiger partial charge in [0.05, 0.1) is 0 Å². The third-order valence-electron chi connectivity index (χ3n) is 4.20. The van der Waals surface area contributed by atoms with Crippen molar-refractivity contribution in [1.29, 1.82) is 0 Å². The van der Waals surface area contributed by atoms with Crippen LogP contribution in [0.1, 0.15) is 45.4 Å². The Hall–Kier alpha value is -0.790. The van der Waals surface area contributed by atoms with Crippen molar-refractivity contribution in [2.75, 3.05) is 6.54 Å². The van der Waals surface area contributed by atoms with Crippen LogP contribution in [0.15, 0.2) is 12.2 Å². The van der Waals surface area contributed by atoms with E-state index in [1.54, 1.807) is 0 Å². The number of nitrogens with one attached hydrogen (secondary N) is 1. The molecule has 0 aliphatic heterocycles. The maximum atomic E-state index is 11.7. The lowest BCUT2D eigenvalue weighted by Crippen LogP contribution is -2.27. The second kappa shape index (κ2) is 5.51. The summed E-state index contributed by atoms with van der Waals surface area (Å²) in [5, 5.41) is 3.01. The van der Waals surface area contributed by atoms with Gasteiger partial charge in [-0.25, -0.2) is 0 Å². The van der Waals surface area contributed by atoms with Crippen LogP contribution in [0.25, 0.3) is 0 Å². The fourth-order valence-corrected chi connectivity index (χ4v) is 3.40. The minimum atomic E-state index is 0.266. The summed E-state index contributed by atoms with van der Waals surface area (Å²) >= 11 is 0. The first-order chi connectivity index (χ1) is 7.79. The number of fused-ring (bicyclic) bond motifs is 2. The molecule has 2 bridgehead atoms. The van der Waals surface area contributed by atoms with Crippen molar-refractivity contribution in [3.63, 3.8) is 0 Å². The molecule has 16 heavy (non-hydrogen) atoms. The molecule has 2 fully saturated rings. The summed E-state index contributed by atoms with van der Waals surface area (Å²) in [5.41, 5.74) is 0. The van der Waals surface area contributed by atoms with E-state index in [0.29, 0.717) is 5.92 Å². The number of rotatable bonds is 5. The van der Waals surface area contributed by atoms with Crippen molar-refractivity contribution in [3.8, 4) is 0 Å². The van der Waals surface area contributed by atoms with Gasteiger partial charge in [-0.1, -0.05) is 18.6 Å². The van der Waals surface area contributed by atoms with E-state index in [1.165, 1.54) is 25.7 Å². The molecule has 1 amide bonds. The van der Waals surface area contributed by atoms with E-state index in [-0.39, 0.29) is 5.91 Å². The monoisotopic (exact) mass is 221 g/mol. The molecular formula is C14H23NO. The normalized spacial score (nSPS) is 32.4. The lowest BCUT2D eigenvalue weighted by molar-refractivity contribution is -0.122. The summed E-state index contributed by atoms with van der Waals surface area (Å²) in [6.45, 7) is 2.81. The lowest BCUT2D eigenvalue weighted by atomic mass is 9.86. The minimum absolute atomic E-state index is 0.266. The van der Waals surface area contributed by atoms with Crippen LogP contribution in [0.3, 0.4) is 0 Å². The van der Waals surface area contributed by atoms with E-state index in [2.05, 4.69) is 11.4 Å². The van der Waals surface area contributed by atoms with Crippen LogP contribution in [0.4, 0.5) is 0 Å². The van der Waals surface area contributed by atoms with E-state index in [0.717, 1.165) is 31.2 Å². The Morgan fingerprint density at radius 2 is 2.25 bits per heavy atom. The highest BCUT2D eigenvalue weighted by Gasteiger charge is 2.39. The Morgan fingerprint density at radius 3 is 2.88 bits per heavy atom. The molecule has 2 rings (SSSR count). The number of hydrogen-bond donors (Lipinski definition) is 1. The second-order valence-corrected chi connectivity index (χ2v) is 5.35. The Morgan fingerprint density at radius 1 is 1.38 bits per heavy atom. The molecule has 2 heteroatoms. The largest absolute Gasteiger partial charge is 0.356 e. The molecule has 2 nitrogen and oxygen atoms in total. The van der Waals surface area contributed by atoms with Crippen molar-refractivity contribution in [1.82, 2.24) is 5.32 Å². The van der Waals surface area contributed by atoms with E-state index in [9.17, 15) is 4.79 Å². The molecule has 0 aromatic rings. The predicted octanol–water partition coefficient (Wildman–Crippen LogP) is 2.90. The smallest absolute Gasteiger partial charge is 0.220 e. The molecule has 1 N–H and O–H groups in total. The number of amides is 1. The SMILES string of the molecule is C/C=C/CCNC(=O)CC1CC2CCC1C2. The topological polar surface area (TPSA) is 29.1 Å². The van der Waals surface area contributed by atoms with Crippen molar-refractivity contribution in [2.45, 2.75) is 45.4 Å². The zero-order chi connectivity index (χ0) is 11.4. The highest BCUT2D eigenvalue weighted by molar-refractivity contribution is 5.76. The van der Waals surface area contributed by atoms with Crippen LogP contribution in [-0.2, 0) is 4.79 Å². The summed E-state index contributed by atoms with van der Waals surface area (Å²) in [5.74, 6) is 2.78. The van der Waals surface area contributed by atoms with E-state index in [4.69, 9.17) is 0 Å². The molecule has 3 atom stereocenters. The lowest BCUT2D eigenvalue weighted by Gasteiger charge is -2.20. The average Bonchev–Trinajstić information content (AvgIpc) is 2.86. The second-order valence-electron chi connectivity index (χ2n) is 5.35. The standard InChI is InChI=1S/C14H23NO/c1-2-3-4-7-15-14(16)10-13-9-11-5-6-12(13)8-11/h2-3,11-13H,4-10H2,1H3,(H,15,16)/b3-2+. The molecule has 3 unspecified atom stereocenters. The van der Waals surface area contributed by atoms with Crippen LogP contribution in [0.2, 0.25) is 0 Å². The maximum absolute atomic E-state index is 11.7. The zero-order valence-corrected chi connectivity index (χ0v) is 10.2. The molecule has 2 aliphatic carbocycles. The van der Waals surface area contributed by atoms with Gasteiger partial charge in [0.15, 0.2) is 0 Å². The Labute approximate surface area is 98.5 Å². The van der Waals surface area contributed by atoms with Crippen LogP contribution in [-0.4, -0.2) is 12.5 Å². The quantitative estimate of drug-likeness (QED) is 0.561. The maximum Gasteiger partial charge on any atom is 0.220 e. The molecule has 0 radical (unpaired) electrons. The van der Waals surface area contributed by atoms with Gasteiger partial charge in [0.1, 0.15) is 0 Å². The first-order valence-corrected chi connectivity index (χ1v) is 6.67. The van der Waals surface area contributed by atoms with Crippen molar-refractivity contribution in [3.05, 3.63) is 12.2 Å². The van der Waals surface area contributed by atoms with Gasteiger partial charge in [-0.2, -0.15) is 0 Å². The molecular weight excluding hydrogens is 198 g/mol. The van der Waals surface area contributed by atoms with Gasteiger partial charge in [0.25, 0.3) is 0 Å². The summed E-state index contributed by atoms with van der Waals surface area (Å²) in [7, 11) is 0. The Balaban J connectivity index is 1.64. The molecule has 90 valence electrons. The van der Waals surface area contributed by atoms with Crippen molar-refractivity contribution in [2.24, 2.45) is 17.8 Å². The Kier molecular flexibility index (Phi) is 4.03. The minimum Gasteiger partial charge on any atom is -0.356 e. The van der Waals surface area contributed by atoms with Crippen LogP contribution < -0.4 is 5.32 Å². The van der Waals surface area contributed by atoms with Crippen LogP contribution in [0, 0.1) is 17.8 Å². The summed E-state index contributed by atoms with van der Waals surface area (Å²) < 4.78 is 0. The molecule has 2 saturated carbocycles. The fraction of sp³-hybridized carbons (Fsp3) is 0.786. The number of hydrogen-bond acceptors (Lipinski definition) is 1. The molecule has 0 aromatic carbocycles. The highest BCUT2D eigenvalue weighted by Crippen LogP contribution is 2.49. The third-order valence-corrected chi connectivity index (χ3v) is 4.20. The molecule has 0 aromatic heterocycles. The molecule has 0 saturated heterocycles. The van der Waals surface area contributed by atoms with E-state index in [1.807, 2.05) is 13.0 Å². The van der Waals surface area contributed by atoms with Gasteiger partial charge in [0.2, 0.25) is 5.91 Å². The van der Waals surface area contributed by atoms with Gasteiger partial charge in [-0.3, -0.25) is 4.79 Å². The number of allylic oxidation sites excluding steroid dienone is 1. The average molecular weight is 221 g/mol. The van der Waals surface area contributed by atoms with E-state index < -0.39 is 0 Å². The third kappa shape index (κ3) is 2.87. The number of carbonyl (C=O) groups is 1. The van der Waals surface area contributed by atoms with Crippen molar-refractivity contribution >= 4 is 5.91 Å². The molecule has 0 spiro atoms. The molecule has 2 aliphatic rings. The van der Waals surface area contributed by atoms with Gasteiger partial charge in [-0.05, 0) is 50.4 Å². The van der Waals surface area contributed by atoms with Gasteiger partial charge in [0, 0.05) is 13.0 Å². The van der Waals surface area contributed by atoms with Crippen LogP contribution in [0.5, 0.6) is 0 Å².